The molecule has 0 N–H and O–H groups in total. The van der Waals surface area contributed by atoms with Crippen molar-refractivity contribution in [1.29, 1.82) is 0 Å². The zero-order valence-electron chi connectivity index (χ0n) is 6.88. The first-order valence-electron chi connectivity index (χ1n) is 3.75. The van der Waals surface area contributed by atoms with E-state index >= 15 is 0 Å². The Balaban J connectivity index is 2.92. The van der Waals surface area contributed by atoms with Gasteiger partial charge in [-0.1, -0.05) is 11.6 Å². The second-order valence-corrected chi connectivity index (χ2v) is 3.98. The van der Waals surface area contributed by atoms with Gasteiger partial charge in [0.25, 0.3) is 0 Å². The Kier molecular flexibility index (Phi) is 2.22. The largest absolute Gasteiger partial charge is 0.261 e. The van der Waals surface area contributed by atoms with Crippen molar-refractivity contribution in [1.82, 2.24) is 9.97 Å². The van der Waals surface area contributed by atoms with Crippen LogP contribution in [0.3, 0.4) is 0 Å². The molecule has 0 bridgehead atoms. The molecule has 2 nitrogen and oxygen atoms in total. The summed E-state index contributed by atoms with van der Waals surface area (Å²) in [5.74, 6) is 0. The van der Waals surface area contributed by atoms with Crippen molar-refractivity contribution in [2.24, 2.45) is 0 Å². The Hall–Kier alpha value is -0.670. The molecule has 0 aromatic carbocycles. The maximum absolute atomic E-state index is 5.91. The number of aryl methyl sites for hydroxylation is 1. The van der Waals surface area contributed by atoms with E-state index in [1.165, 1.54) is 0 Å². The average Bonchev–Trinajstić information content (AvgIpc) is 2.12. The van der Waals surface area contributed by atoms with Gasteiger partial charge in [-0.2, -0.15) is 0 Å². The maximum atomic E-state index is 5.91. The molecule has 0 unspecified atom stereocenters. The van der Waals surface area contributed by atoms with Gasteiger partial charge in [-0.25, -0.2) is 4.98 Å². The van der Waals surface area contributed by atoms with Crippen LogP contribution in [0.2, 0.25) is 5.15 Å². The van der Waals surface area contributed by atoms with E-state index in [1.54, 1.807) is 12.4 Å². The van der Waals surface area contributed by atoms with Gasteiger partial charge in [0, 0.05) is 33.3 Å². The van der Waals surface area contributed by atoms with E-state index in [-0.39, 0.29) is 0 Å². The van der Waals surface area contributed by atoms with Crippen molar-refractivity contribution in [2.45, 2.75) is 6.92 Å². The van der Waals surface area contributed by atoms with E-state index in [0.29, 0.717) is 5.15 Å². The lowest BCUT2D eigenvalue weighted by Gasteiger charge is -2.02. The zero-order valence-corrected chi connectivity index (χ0v) is 9.22. The highest BCUT2D eigenvalue weighted by Crippen LogP contribution is 2.27. The van der Waals surface area contributed by atoms with Crippen LogP contribution in [-0.4, -0.2) is 9.97 Å². The van der Waals surface area contributed by atoms with Gasteiger partial charge in [0.2, 0.25) is 0 Å². The third kappa shape index (κ3) is 1.54. The number of nitrogens with zero attached hydrogens (tertiary/aromatic N) is 2. The van der Waals surface area contributed by atoms with Crippen molar-refractivity contribution in [3.8, 4) is 0 Å². The summed E-state index contributed by atoms with van der Waals surface area (Å²) in [4.78, 5) is 8.18. The van der Waals surface area contributed by atoms with Crippen LogP contribution in [0.15, 0.2) is 22.9 Å². The summed E-state index contributed by atoms with van der Waals surface area (Å²) < 4.78 is 0.942. The summed E-state index contributed by atoms with van der Waals surface area (Å²) in [6.07, 6.45) is 3.44. The van der Waals surface area contributed by atoms with E-state index in [0.717, 1.165) is 20.9 Å². The van der Waals surface area contributed by atoms with Crippen molar-refractivity contribution >= 4 is 38.3 Å². The molecule has 0 saturated heterocycles. The lowest BCUT2D eigenvalue weighted by molar-refractivity contribution is 1.21. The molecule has 0 atom stereocenters. The predicted octanol–water partition coefficient (Wildman–Crippen LogP) is 3.35. The number of pyridine rings is 2. The Morgan fingerprint density at radius 3 is 2.77 bits per heavy atom. The predicted molar refractivity (Wildman–Crippen MR) is 57.0 cm³/mol. The standard InChI is InChI=1S/C9H6BrClN2/c1-5-2-6-7(3-12-5)9(11)13-4-8(6)10/h2-4H,1H3. The van der Waals surface area contributed by atoms with Crippen LogP contribution in [-0.2, 0) is 0 Å². The molecule has 0 aliphatic carbocycles. The van der Waals surface area contributed by atoms with Crippen LogP contribution in [0.4, 0.5) is 0 Å². The molecule has 0 fully saturated rings. The SMILES string of the molecule is Cc1cc2c(Br)cnc(Cl)c2cn1. The Morgan fingerprint density at radius 1 is 1.23 bits per heavy atom. The highest BCUT2D eigenvalue weighted by atomic mass is 79.9. The van der Waals surface area contributed by atoms with Crippen molar-refractivity contribution in [3.63, 3.8) is 0 Å². The van der Waals surface area contributed by atoms with Gasteiger partial charge in [-0.05, 0) is 28.9 Å². The number of fused-ring (bicyclic) bond motifs is 1. The first kappa shape index (κ1) is 8.91. The number of hydrogen-bond donors (Lipinski definition) is 0. The van der Waals surface area contributed by atoms with Crippen molar-refractivity contribution < 1.29 is 0 Å². The first-order valence-corrected chi connectivity index (χ1v) is 4.92. The van der Waals surface area contributed by atoms with Crippen LogP contribution in [0.25, 0.3) is 10.8 Å². The molecule has 0 spiro atoms. The topological polar surface area (TPSA) is 25.8 Å². The third-order valence-corrected chi connectivity index (χ3v) is 2.74. The summed E-state index contributed by atoms with van der Waals surface area (Å²) in [5, 5.41) is 2.42. The minimum absolute atomic E-state index is 0.491. The zero-order chi connectivity index (χ0) is 9.42. The highest BCUT2D eigenvalue weighted by molar-refractivity contribution is 9.10. The lowest BCUT2D eigenvalue weighted by Crippen LogP contribution is -1.85. The van der Waals surface area contributed by atoms with Gasteiger partial charge in [0.05, 0.1) is 0 Å². The summed E-state index contributed by atoms with van der Waals surface area (Å²) in [7, 11) is 0. The minimum Gasteiger partial charge on any atom is -0.261 e. The van der Waals surface area contributed by atoms with Gasteiger partial charge in [-0.3, -0.25) is 4.98 Å². The summed E-state index contributed by atoms with van der Waals surface area (Å²) in [6, 6.07) is 1.98. The first-order chi connectivity index (χ1) is 6.18. The second-order valence-electron chi connectivity index (χ2n) is 2.77. The van der Waals surface area contributed by atoms with Gasteiger partial charge in [0.1, 0.15) is 5.15 Å². The molecule has 0 radical (unpaired) electrons. The molecule has 0 aliphatic rings. The van der Waals surface area contributed by atoms with Gasteiger partial charge in [-0.15, -0.1) is 0 Å². The number of aromatic nitrogens is 2. The second kappa shape index (κ2) is 3.24. The molecule has 4 heteroatoms. The smallest absolute Gasteiger partial charge is 0.138 e. The fourth-order valence-corrected chi connectivity index (χ4v) is 1.80. The van der Waals surface area contributed by atoms with Gasteiger partial charge in [0.15, 0.2) is 0 Å². The van der Waals surface area contributed by atoms with E-state index in [1.807, 2.05) is 13.0 Å². The molecule has 2 aromatic rings. The fourth-order valence-electron chi connectivity index (χ4n) is 1.17. The monoisotopic (exact) mass is 256 g/mol. The summed E-state index contributed by atoms with van der Waals surface area (Å²) in [5.41, 5.74) is 0.968. The number of hydrogen-bond acceptors (Lipinski definition) is 2. The Labute approximate surface area is 89.1 Å². The van der Waals surface area contributed by atoms with Crippen LogP contribution in [0.1, 0.15) is 5.69 Å². The molecule has 2 aromatic heterocycles. The third-order valence-electron chi connectivity index (χ3n) is 1.81. The fraction of sp³-hybridized carbons (Fsp3) is 0.111. The Morgan fingerprint density at radius 2 is 2.00 bits per heavy atom. The average molecular weight is 258 g/mol. The van der Waals surface area contributed by atoms with Gasteiger partial charge < -0.3 is 0 Å². The van der Waals surface area contributed by atoms with Crippen LogP contribution in [0.5, 0.6) is 0 Å². The molecule has 66 valence electrons. The molecule has 2 rings (SSSR count). The summed E-state index contributed by atoms with van der Waals surface area (Å²) >= 11 is 9.33. The van der Waals surface area contributed by atoms with E-state index < -0.39 is 0 Å². The maximum Gasteiger partial charge on any atom is 0.138 e. The Bertz CT molecular complexity index is 470. The summed E-state index contributed by atoms with van der Waals surface area (Å²) in [6.45, 7) is 1.94. The molecule has 13 heavy (non-hydrogen) atoms. The van der Waals surface area contributed by atoms with E-state index in [4.69, 9.17) is 11.6 Å². The van der Waals surface area contributed by atoms with Crippen LogP contribution in [0, 0.1) is 6.92 Å². The molecular weight excluding hydrogens is 251 g/mol. The van der Waals surface area contributed by atoms with Gasteiger partial charge >= 0.3 is 0 Å². The van der Waals surface area contributed by atoms with Crippen LogP contribution >= 0.6 is 27.5 Å². The van der Waals surface area contributed by atoms with Crippen molar-refractivity contribution in [3.05, 3.63) is 33.8 Å². The molecule has 0 saturated carbocycles. The highest BCUT2D eigenvalue weighted by Gasteiger charge is 2.04. The number of rotatable bonds is 0. The molecule has 0 amide bonds. The quantitative estimate of drug-likeness (QED) is 0.676. The normalized spacial score (nSPS) is 10.7. The molecule has 2 heterocycles. The van der Waals surface area contributed by atoms with E-state index in [9.17, 15) is 0 Å². The van der Waals surface area contributed by atoms with Crippen molar-refractivity contribution in [2.75, 3.05) is 0 Å². The van der Waals surface area contributed by atoms with E-state index in [2.05, 4.69) is 25.9 Å². The lowest BCUT2D eigenvalue weighted by atomic mass is 10.2. The molecular formula is C9H6BrClN2. The minimum atomic E-state index is 0.491. The van der Waals surface area contributed by atoms with Crippen LogP contribution < -0.4 is 0 Å². The molecule has 0 aliphatic heterocycles. The number of halogens is 2.